The molecule has 122 valence electrons. The van der Waals surface area contributed by atoms with Gasteiger partial charge in [-0.15, -0.1) is 12.4 Å². The predicted octanol–water partition coefficient (Wildman–Crippen LogP) is 1.38. The number of hydrogen-bond donors (Lipinski definition) is 1. The molecule has 0 aliphatic carbocycles. The van der Waals surface area contributed by atoms with Gasteiger partial charge in [0.1, 0.15) is 0 Å². The van der Waals surface area contributed by atoms with Gasteiger partial charge < -0.3 is 15.4 Å². The third-order valence-corrected chi connectivity index (χ3v) is 3.60. The number of aromatic nitrogens is 1. The number of rotatable bonds is 4. The molecular formula is C15H22ClN3O3. The van der Waals surface area contributed by atoms with Crippen LogP contribution in [0.4, 0.5) is 0 Å². The van der Waals surface area contributed by atoms with Gasteiger partial charge in [-0.05, 0) is 31.9 Å². The van der Waals surface area contributed by atoms with Gasteiger partial charge in [0.25, 0.3) is 5.91 Å². The molecule has 6 nitrogen and oxygen atoms in total. The number of carbonyl (C=O) groups is 2. The van der Waals surface area contributed by atoms with E-state index in [4.69, 9.17) is 10.5 Å². The van der Waals surface area contributed by atoms with E-state index in [-0.39, 0.29) is 30.2 Å². The topological polar surface area (TPSA) is 85.5 Å². The van der Waals surface area contributed by atoms with Crippen molar-refractivity contribution in [2.75, 3.05) is 19.7 Å². The number of piperidine rings is 1. The molecule has 2 heterocycles. The average Bonchev–Trinajstić information content (AvgIpc) is 2.54. The highest BCUT2D eigenvalue weighted by Gasteiger charge is 2.29. The fraction of sp³-hybridized carbons (Fsp3) is 0.533. The first-order valence-corrected chi connectivity index (χ1v) is 7.26. The van der Waals surface area contributed by atoms with Crippen molar-refractivity contribution >= 4 is 24.3 Å². The number of esters is 1. The van der Waals surface area contributed by atoms with E-state index in [9.17, 15) is 9.59 Å². The van der Waals surface area contributed by atoms with Crippen molar-refractivity contribution in [2.24, 2.45) is 11.7 Å². The van der Waals surface area contributed by atoms with Gasteiger partial charge >= 0.3 is 5.97 Å². The Morgan fingerprint density at radius 3 is 2.95 bits per heavy atom. The summed E-state index contributed by atoms with van der Waals surface area (Å²) in [5, 5.41) is 0. The second-order valence-corrected chi connectivity index (χ2v) is 5.08. The summed E-state index contributed by atoms with van der Waals surface area (Å²) in [6.45, 7) is 3.53. The molecule has 7 heteroatoms. The van der Waals surface area contributed by atoms with Crippen LogP contribution in [0.1, 0.15) is 35.8 Å². The van der Waals surface area contributed by atoms with E-state index in [1.54, 1.807) is 30.2 Å². The van der Waals surface area contributed by atoms with Gasteiger partial charge in [-0.2, -0.15) is 0 Å². The molecule has 0 aromatic carbocycles. The van der Waals surface area contributed by atoms with Crippen molar-refractivity contribution in [3.63, 3.8) is 0 Å². The summed E-state index contributed by atoms with van der Waals surface area (Å²) in [5.41, 5.74) is 6.79. The molecule has 1 saturated heterocycles. The van der Waals surface area contributed by atoms with Crippen molar-refractivity contribution < 1.29 is 14.3 Å². The summed E-state index contributed by atoms with van der Waals surface area (Å²) >= 11 is 0. The number of halogens is 1. The maximum Gasteiger partial charge on any atom is 0.310 e. The lowest BCUT2D eigenvalue weighted by Crippen LogP contribution is -2.42. The Hall–Kier alpha value is -1.66. The van der Waals surface area contributed by atoms with E-state index in [0.29, 0.717) is 37.5 Å². The van der Waals surface area contributed by atoms with Crippen molar-refractivity contribution in [2.45, 2.75) is 26.3 Å². The highest BCUT2D eigenvalue weighted by atomic mass is 35.5. The van der Waals surface area contributed by atoms with Gasteiger partial charge in [0.05, 0.1) is 18.2 Å². The molecule has 1 aromatic rings. The van der Waals surface area contributed by atoms with Crippen LogP contribution in [-0.2, 0) is 16.1 Å². The highest BCUT2D eigenvalue weighted by Crippen LogP contribution is 2.20. The monoisotopic (exact) mass is 327 g/mol. The van der Waals surface area contributed by atoms with Gasteiger partial charge in [-0.3, -0.25) is 14.6 Å². The van der Waals surface area contributed by atoms with Crippen LogP contribution in [0.15, 0.2) is 18.3 Å². The van der Waals surface area contributed by atoms with Crippen molar-refractivity contribution in [3.8, 4) is 0 Å². The number of hydrogen-bond acceptors (Lipinski definition) is 5. The second kappa shape index (κ2) is 8.70. The third kappa shape index (κ3) is 4.42. The number of ether oxygens (including phenoxy) is 1. The van der Waals surface area contributed by atoms with Gasteiger partial charge in [0.15, 0.2) is 0 Å². The number of likely N-dealkylation sites (tertiary alicyclic amines) is 1. The molecular weight excluding hydrogens is 306 g/mol. The standard InChI is InChI=1S/C15H21N3O3.ClH/c1-2-21-15(20)12-4-3-7-18(10-12)14(19)11-5-6-17-13(8-11)9-16;/h5-6,8,12H,2-4,7,9-10,16H2,1H3;1H. The molecule has 1 amide bonds. The first-order valence-electron chi connectivity index (χ1n) is 7.26. The molecule has 0 bridgehead atoms. The molecule has 2 N–H and O–H groups in total. The number of pyridine rings is 1. The van der Waals surface area contributed by atoms with E-state index in [2.05, 4.69) is 4.98 Å². The summed E-state index contributed by atoms with van der Waals surface area (Å²) in [6, 6.07) is 3.38. The quantitative estimate of drug-likeness (QED) is 0.844. The van der Waals surface area contributed by atoms with Crippen LogP contribution in [0.3, 0.4) is 0 Å². The van der Waals surface area contributed by atoms with E-state index in [1.807, 2.05) is 0 Å². The summed E-state index contributed by atoms with van der Waals surface area (Å²) in [6.07, 6.45) is 3.17. The Morgan fingerprint density at radius 2 is 2.27 bits per heavy atom. The number of carbonyl (C=O) groups excluding carboxylic acids is 2. The number of nitrogens with two attached hydrogens (primary N) is 1. The highest BCUT2D eigenvalue weighted by molar-refractivity contribution is 5.94. The van der Waals surface area contributed by atoms with Crippen molar-refractivity contribution in [3.05, 3.63) is 29.6 Å². The zero-order valence-corrected chi connectivity index (χ0v) is 13.5. The van der Waals surface area contributed by atoms with Gasteiger partial charge in [-0.25, -0.2) is 0 Å². The molecule has 1 atom stereocenters. The van der Waals surface area contributed by atoms with Crippen LogP contribution in [0.2, 0.25) is 0 Å². The Bertz CT molecular complexity index is 525. The normalized spacial score (nSPS) is 17.5. The fourth-order valence-corrected chi connectivity index (χ4v) is 2.52. The third-order valence-electron chi connectivity index (χ3n) is 3.60. The molecule has 0 radical (unpaired) electrons. The smallest absolute Gasteiger partial charge is 0.310 e. The Kier molecular flexibility index (Phi) is 7.27. The summed E-state index contributed by atoms with van der Waals surface area (Å²) < 4.78 is 5.05. The maximum atomic E-state index is 12.5. The maximum absolute atomic E-state index is 12.5. The molecule has 0 spiro atoms. The second-order valence-electron chi connectivity index (χ2n) is 5.08. The lowest BCUT2D eigenvalue weighted by atomic mass is 9.97. The van der Waals surface area contributed by atoms with Gasteiger partial charge in [0.2, 0.25) is 0 Å². The zero-order chi connectivity index (χ0) is 15.2. The van der Waals surface area contributed by atoms with E-state index < -0.39 is 0 Å². The average molecular weight is 328 g/mol. The van der Waals surface area contributed by atoms with E-state index >= 15 is 0 Å². The molecule has 2 rings (SSSR count). The van der Waals surface area contributed by atoms with E-state index in [1.165, 1.54) is 0 Å². The molecule has 1 aliphatic heterocycles. The van der Waals surface area contributed by atoms with Crippen LogP contribution in [0.25, 0.3) is 0 Å². The Labute approximate surface area is 136 Å². The van der Waals surface area contributed by atoms with Crippen LogP contribution >= 0.6 is 12.4 Å². The van der Waals surface area contributed by atoms with Crippen LogP contribution in [0, 0.1) is 5.92 Å². The largest absolute Gasteiger partial charge is 0.466 e. The van der Waals surface area contributed by atoms with E-state index in [0.717, 1.165) is 12.8 Å². The zero-order valence-electron chi connectivity index (χ0n) is 12.7. The summed E-state index contributed by atoms with van der Waals surface area (Å²) in [7, 11) is 0. The first kappa shape index (κ1) is 18.4. The minimum Gasteiger partial charge on any atom is -0.466 e. The predicted molar refractivity (Wildman–Crippen MR) is 84.6 cm³/mol. The number of amides is 1. The minimum absolute atomic E-state index is 0. The molecule has 1 aromatic heterocycles. The molecule has 1 unspecified atom stereocenters. The SMILES string of the molecule is CCOC(=O)C1CCCN(C(=O)c2ccnc(CN)c2)C1.Cl. The lowest BCUT2D eigenvalue weighted by Gasteiger charge is -2.31. The molecule has 1 aliphatic rings. The Balaban J connectivity index is 0.00000242. The van der Waals surface area contributed by atoms with Crippen molar-refractivity contribution in [1.29, 1.82) is 0 Å². The fourth-order valence-electron chi connectivity index (χ4n) is 2.52. The summed E-state index contributed by atoms with van der Waals surface area (Å²) in [5.74, 6) is -0.521. The van der Waals surface area contributed by atoms with Crippen LogP contribution in [-0.4, -0.2) is 41.5 Å². The van der Waals surface area contributed by atoms with Crippen LogP contribution in [0.5, 0.6) is 0 Å². The summed E-state index contributed by atoms with van der Waals surface area (Å²) in [4.78, 5) is 30.1. The molecule has 1 fully saturated rings. The molecule has 22 heavy (non-hydrogen) atoms. The first-order chi connectivity index (χ1) is 10.2. The van der Waals surface area contributed by atoms with Gasteiger partial charge in [0, 0.05) is 31.4 Å². The molecule has 0 saturated carbocycles. The number of nitrogens with zero attached hydrogens (tertiary/aromatic N) is 2. The minimum atomic E-state index is -0.224. The van der Waals surface area contributed by atoms with Crippen LogP contribution < -0.4 is 5.73 Å². The lowest BCUT2D eigenvalue weighted by molar-refractivity contribution is -0.149. The Morgan fingerprint density at radius 1 is 1.50 bits per heavy atom. The van der Waals surface area contributed by atoms with Crippen molar-refractivity contribution in [1.82, 2.24) is 9.88 Å². The van der Waals surface area contributed by atoms with Gasteiger partial charge in [-0.1, -0.05) is 0 Å².